The number of methoxy groups -OCH3 is 2. The van der Waals surface area contributed by atoms with Crippen LogP contribution in [0.15, 0.2) is 66.7 Å². The molecule has 3 heterocycles. The Kier molecular flexibility index (Phi) is 7.62. The molecule has 0 bridgehead atoms. The molecular weight excluding hydrogens is 518 g/mol. The predicted molar refractivity (Wildman–Crippen MR) is 140 cm³/mol. The van der Waals surface area contributed by atoms with Gasteiger partial charge in [-0.25, -0.2) is 14.3 Å². The number of anilines is 2. The third kappa shape index (κ3) is 6.04. The average molecular weight is 542 g/mol. The van der Waals surface area contributed by atoms with Gasteiger partial charge in [-0.15, -0.1) is 10.2 Å². The summed E-state index contributed by atoms with van der Waals surface area (Å²) in [6.07, 6.45) is 0. The van der Waals surface area contributed by atoms with E-state index in [9.17, 15) is 9.59 Å². The zero-order valence-electron chi connectivity index (χ0n) is 21.4. The molecule has 3 aromatic heterocycles. The fourth-order valence-electron chi connectivity index (χ4n) is 3.67. The summed E-state index contributed by atoms with van der Waals surface area (Å²) in [5.74, 6) is 0.625. The number of tetrazole rings is 2. The van der Waals surface area contributed by atoms with Crippen LogP contribution in [0.25, 0.3) is 0 Å². The number of benzene rings is 2. The number of amides is 2. The molecule has 5 rings (SSSR count). The van der Waals surface area contributed by atoms with Gasteiger partial charge >= 0.3 is 0 Å². The van der Waals surface area contributed by atoms with E-state index in [-0.39, 0.29) is 36.4 Å². The van der Waals surface area contributed by atoms with Gasteiger partial charge in [0, 0.05) is 0 Å². The van der Waals surface area contributed by atoms with Crippen LogP contribution in [-0.4, -0.2) is 71.4 Å². The maximum atomic E-state index is 12.9. The molecule has 0 aliphatic carbocycles. The third-order valence-electron chi connectivity index (χ3n) is 5.69. The Morgan fingerprint density at radius 2 is 1.10 bits per heavy atom. The van der Waals surface area contributed by atoms with Crippen molar-refractivity contribution in [1.29, 1.82) is 0 Å². The second-order valence-corrected chi connectivity index (χ2v) is 8.33. The summed E-state index contributed by atoms with van der Waals surface area (Å²) < 4.78 is 13.1. The van der Waals surface area contributed by atoms with E-state index in [0.717, 1.165) is 11.1 Å². The van der Waals surface area contributed by atoms with Gasteiger partial charge in [0.05, 0.1) is 27.3 Å². The highest BCUT2D eigenvalue weighted by Gasteiger charge is 2.19. The van der Waals surface area contributed by atoms with Crippen LogP contribution in [0.3, 0.4) is 0 Å². The molecule has 0 saturated carbocycles. The van der Waals surface area contributed by atoms with Crippen LogP contribution in [0.5, 0.6) is 11.5 Å². The second-order valence-electron chi connectivity index (χ2n) is 8.33. The molecule has 15 nitrogen and oxygen atoms in total. The lowest BCUT2D eigenvalue weighted by Gasteiger charge is -2.09. The summed E-state index contributed by atoms with van der Waals surface area (Å²) in [6, 6.07) is 19.4. The number of aromatic nitrogens is 9. The molecule has 0 fully saturated rings. The first-order valence-corrected chi connectivity index (χ1v) is 11.9. The van der Waals surface area contributed by atoms with Gasteiger partial charge in [-0.2, -0.15) is 0 Å². The maximum absolute atomic E-state index is 12.9. The Bertz CT molecular complexity index is 1500. The molecule has 0 aliphatic heterocycles. The summed E-state index contributed by atoms with van der Waals surface area (Å²) in [5.41, 5.74) is 1.75. The number of hydrogen-bond acceptors (Lipinski definition) is 11. The van der Waals surface area contributed by atoms with Crippen molar-refractivity contribution in [1.82, 2.24) is 45.4 Å². The molecule has 0 aliphatic rings. The molecule has 202 valence electrons. The van der Waals surface area contributed by atoms with E-state index in [0.29, 0.717) is 11.5 Å². The van der Waals surface area contributed by atoms with Crippen LogP contribution < -0.4 is 20.1 Å². The Balaban J connectivity index is 1.23. The van der Waals surface area contributed by atoms with Crippen LogP contribution in [0.2, 0.25) is 0 Å². The Morgan fingerprint density at radius 3 is 1.50 bits per heavy atom. The number of carbonyl (C=O) groups excluding carboxylic acids is 2. The lowest BCUT2D eigenvalue weighted by Crippen LogP contribution is -2.22. The van der Waals surface area contributed by atoms with Gasteiger partial charge < -0.3 is 20.1 Å². The van der Waals surface area contributed by atoms with Gasteiger partial charge in [0.1, 0.15) is 23.1 Å². The van der Waals surface area contributed by atoms with Crippen LogP contribution in [0.4, 0.5) is 11.6 Å². The molecule has 2 N–H and O–H groups in total. The van der Waals surface area contributed by atoms with Gasteiger partial charge in [-0.3, -0.25) is 9.59 Å². The highest BCUT2D eigenvalue weighted by atomic mass is 16.5. The number of nitrogens with one attached hydrogen (secondary N) is 2. The molecule has 40 heavy (non-hydrogen) atoms. The van der Waals surface area contributed by atoms with Crippen molar-refractivity contribution in [2.75, 3.05) is 24.9 Å². The van der Waals surface area contributed by atoms with Crippen LogP contribution in [0.1, 0.15) is 32.4 Å². The lowest BCUT2D eigenvalue weighted by atomic mass is 10.2. The highest BCUT2D eigenvalue weighted by Crippen LogP contribution is 2.15. The van der Waals surface area contributed by atoms with E-state index in [1.54, 1.807) is 56.7 Å². The molecule has 15 heteroatoms. The first kappa shape index (κ1) is 25.9. The van der Waals surface area contributed by atoms with E-state index in [2.05, 4.69) is 46.7 Å². The Labute approximate surface area is 227 Å². The lowest BCUT2D eigenvalue weighted by molar-refractivity contribution is 0.100. The van der Waals surface area contributed by atoms with E-state index in [1.165, 1.54) is 9.36 Å². The maximum Gasteiger partial charge on any atom is 0.296 e. The number of hydrogen-bond donors (Lipinski definition) is 2. The van der Waals surface area contributed by atoms with Gasteiger partial charge in [0.25, 0.3) is 11.8 Å². The molecule has 0 atom stereocenters. The van der Waals surface area contributed by atoms with Crippen molar-refractivity contribution < 1.29 is 19.1 Å². The fourth-order valence-corrected chi connectivity index (χ4v) is 3.67. The molecule has 0 radical (unpaired) electrons. The SMILES string of the molecule is COc1ccc(Cn2nnnc2C(=O)Nc2cccc(NC(=O)c3nnnn3Cc3ccc(OC)cc3)n2)cc1. The van der Waals surface area contributed by atoms with Crippen molar-refractivity contribution >= 4 is 23.5 Å². The van der Waals surface area contributed by atoms with Crippen LogP contribution >= 0.6 is 0 Å². The van der Waals surface area contributed by atoms with E-state index in [4.69, 9.17) is 9.47 Å². The van der Waals surface area contributed by atoms with Crippen LogP contribution in [0, 0.1) is 0 Å². The summed E-state index contributed by atoms with van der Waals surface area (Å²) in [6.45, 7) is 0.545. The topological polar surface area (TPSA) is 177 Å². The normalized spacial score (nSPS) is 10.7. The molecule has 0 saturated heterocycles. The van der Waals surface area contributed by atoms with Crippen molar-refractivity contribution in [3.05, 3.63) is 89.5 Å². The minimum absolute atomic E-state index is 0.00948. The summed E-state index contributed by atoms with van der Waals surface area (Å²) >= 11 is 0. The van der Waals surface area contributed by atoms with Crippen LogP contribution in [-0.2, 0) is 13.1 Å². The number of ether oxygens (including phenoxy) is 2. The second kappa shape index (κ2) is 11.8. The zero-order valence-corrected chi connectivity index (χ0v) is 21.4. The van der Waals surface area contributed by atoms with Gasteiger partial charge in [0.2, 0.25) is 11.6 Å². The highest BCUT2D eigenvalue weighted by molar-refractivity contribution is 6.02. The van der Waals surface area contributed by atoms with Crippen molar-refractivity contribution in [3.63, 3.8) is 0 Å². The standard InChI is InChI=1S/C25H23N11O4/c1-39-18-10-6-16(7-11-18)14-35-22(29-31-33-35)24(37)27-20-4-3-5-21(26-20)28-25(38)23-30-32-34-36(23)15-17-8-12-19(40-2)13-9-17/h3-13H,14-15H2,1-2H3,(H2,26,27,28,37,38). The smallest absolute Gasteiger partial charge is 0.296 e. The molecule has 2 aromatic carbocycles. The van der Waals surface area contributed by atoms with Crippen molar-refractivity contribution in [3.8, 4) is 11.5 Å². The molecule has 2 amide bonds. The molecule has 5 aromatic rings. The number of rotatable bonds is 10. The fraction of sp³-hybridized carbons (Fsp3) is 0.160. The Morgan fingerprint density at radius 1 is 0.675 bits per heavy atom. The van der Waals surface area contributed by atoms with Gasteiger partial charge in [-0.05, 0) is 68.4 Å². The minimum atomic E-state index is -0.571. The summed E-state index contributed by atoms with van der Waals surface area (Å²) in [7, 11) is 3.17. The monoisotopic (exact) mass is 541 g/mol. The Hall–Kier alpha value is -5.73. The minimum Gasteiger partial charge on any atom is -0.497 e. The van der Waals surface area contributed by atoms with Crippen molar-refractivity contribution in [2.45, 2.75) is 13.1 Å². The van der Waals surface area contributed by atoms with Gasteiger partial charge in [-0.1, -0.05) is 30.3 Å². The number of nitrogens with zero attached hydrogens (tertiary/aromatic N) is 9. The third-order valence-corrected chi connectivity index (χ3v) is 5.69. The van der Waals surface area contributed by atoms with E-state index >= 15 is 0 Å². The number of pyridine rings is 1. The molecule has 0 unspecified atom stereocenters. The molecule has 0 spiro atoms. The number of carbonyl (C=O) groups is 2. The zero-order chi connectivity index (χ0) is 27.9. The largest absolute Gasteiger partial charge is 0.497 e. The van der Waals surface area contributed by atoms with Gasteiger partial charge in [0.15, 0.2) is 0 Å². The van der Waals surface area contributed by atoms with E-state index < -0.39 is 11.8 Å². The first-order valence-electron chi connectivity index (χ1n) is 11.9. The van der Waals surface area contributed by atoms with Crippen molar-refractivity contribution in [2.24, 2.45) is 0 Å². The quantitative estimate of drug-likeness (QED) is 0.263. The van der Waals surface area contributed by atoms with E-state index in [1.807, 2.05) is 24.3 Å². The first-order chi connectivity index (χ1) is 19.5. The average Bonchev–Trinajstić information content (AvgIpc) is 3.64. The summed E-state index contributed by atoms with van der Waals surface area (Å²) in [5, 5.41) is 28.0. The molecular formula is C25H23N11O4. The predicted octanol–water partition coefficient (Wildman–Crippen LogP) is 1.67. The summed E-state index contributed by atoms with van der Waals surface area (Å²) in [4.78, 5) is 30.1.